The van der Waals surface area contributed by atoms with Crippen molar-refractivity contribution in [3.8, 4) is 5.75 Å². The Morgan fingerprint density at radius 3 is 2.44 bits per heavy atom. The summed E-state index contributed by atoms with van der Waals surface area (Å²) in [5.74, 6) is 0.546. The number of hydrogen-bond acceptors (Lipinski definition) is 4. The van der Waals surface area contributed by atoms with Crippen molar-refractivity contribution in [3.05, 3.63) is 84.1 Å². The topological polar surface area (TPSA) is 68.3 Å². The zero-order chi connectivity index (χ0) is 17.7. The van der Waals surface area contributed by atoms with Crippen molar-refractivity contribution in [2.24, 2.45) is 0 Å². The van der Waals surface area contributed by atoms with Gasteiger partial charge in [-0.1, -0.05) is 42.5 Å². The van der Waals surface area contributed by atoms with Crippen LogP contribution < -0.4 is 9.46 Å². The minimum absolute atomic E-state index is 0.167. The molecule has 1 aromatic heterocycles. The maximum Gasteiger partial charge on any atom is 0.263 e. The van der Waals surface area contributed by atoms with Crippen molar-refractivity contribution in [2.75, 3.05) is 4.72 Å². The van der Waals surface area contributed by atoms with Crippen molar-refractivity contribution < 1.29 is 13.2 Å². The number of aromatic nitrogens is 1. The lowest BCUT2D eigenvalue weighted by atomic mass is 10.1. The van der Waals surface area contributed by atoms with Crippen molar-refractivity contribution in [3.63, 3.8) is 0 Å². The lowest BCUT2D eigenvalue weighted by Gasteiger charge is -2.13. The molecule has 0 aliphatic carbocycles. The number of sulfonamides is 1. The first kappa shape index (κ1) is 17.0. The third-order valence-electron chi connectivity index (χ3n) is 3.70. The van der Waals surface area contributed by atoms with Crippen LogP contribution in [0.5, 0.6) is 5.75 Å². The number of aryl methyl sites for hydroxylation is 1. The van der Waals surface area contributed by atoms with E-state index in [4.69, 9.17) is 4.74 Å². The third kappa shape index (κ3) is 4.16. The molecule has 0 saturated heterocycles. The third-order valence-corrected chi connectivity index (χ3v) is 5.05. The number of nitrogens with one attached hydrogen (secondary N) is 1. The van der Waals surface area contributed by atoms with Crippen LogP contribution in [0.25, 0.3) is 0 Å². The van der Waals surface area contributed by atoms with Gasteiger partial charge in [0.15, 0.2) is 11.6 Å². The zero-order valence-corrected chi connectivity index (χ0v) is 14.5. The molecule has 0 bridgehead atoms. The van der Waals surface area contributed by atoms with Gasteiger partial charge in [-0.3, -0.25) is 4.72 Å². The van der Waals surface area contributed by atoms with Gasteiger partial charge >= 0.3 is 0 Å². The molecule has 0 fully saturated rings. The second-order valence-corrected chi connectivity index (χ2v) is 7.17. The van der Waals surface area contributed by atoms with Crippen LogP contribution >= 0.6 is 0 Å². The van der Waals surface area contributed by atoms with Gasteiger partial charge in [-0.15, -0.1) is 0 Å². The van der Waals surface area contributed by atoms with Gasteiger partial charge in [0.2, 0.25) is 0 Å². The van der Waals surface area contributed by atoms with Crippen molar-refractivity contribution in [1.82, 2.24) is 4.98 Å². The first-order valence-electron chi connectivity index (χ1n) is 7.76. The van der Waals surface area contributed by atoms with Crippen LogP contribution in [0.1, 0.15) is 11.1 Å². The van der Waals surface area contributed by atoms with Crippen LogP contribution in [0.4, 0.5) is 5.82 Å². The SMILES string of the molecule is Cc1ccccc1COc1cccnc1NS(=O)(=O)c1ccccc1. The highest BCUT2D eigenvalue weighted by atomic mass is 32.2. The molecule has 0 aliphatic rings. The number of benzene rings is 2. The summed E-state index contributed by atoms with van der Waals surface area (Å²) in [6.45, 7) is 2.33. The van der Waals surface area contributed by atoms with Gasteiger partial charge in [0, 0.05) is 6.20 Å². The number of hydrogen-bond donors (Lipinski definition) is 1. The van der Waals surface area contributed by atoms with Gasteiger partial charge in [-0.05, 0) is 42.3 Å². The van der Waals surface area contributed by atoms with E-state index in [9.17, 15) is 8.42 Å². The molecule has 1 heterocycles. The molecule has 5 nitrogen and oxygen atoms in total. The molecule has 6 heteroatoms. The molecule has 0 spiro atoms. The van der Waals surface area contributed by atoms with E-state index in [0.717, 1.165) is 11.1 Å². The van der Waals surface area contributed by atoms with Crippen LogP contribution in [0.2, 0.25) is 0 Å². The Balaban J connectivity index is 1.81. The lowest BCUT2D eigenvalue weighted by Crippen LogP contribution is -2.14. The molecule has 3 rings (SSSR count). The summed E-state index contributed by atoms with van der Waals surface area (Å²) < 4.78 is 33.2. The fourth-order valence-corrected chi connectivity index (χ4v) is 3.34. The van der Waals surface area contributed by atoms with Crippen molar-refractivity contribution >= 4 is 15.8 Å². The summed E-state index contributed by atoms with van der Waals surface area (Å²) >= 11 is 0. The summed E-state index contributed by atoms with van der Waals surface area (Å²) in [6, 6.07) is 19.4. The predicted molar refractivity (Wildman–Crippen MR) is 97.0 cm³/mol. The summed E-state index contributed by atoms with van der Waals surface area (Å²) in [4.78, 5) is 4.28. The van der Waals surface area contributed by atoms with Gasteiger partial charge in [-0.25, -0.2) is 13.4 Å². The molecule has 0 amide bonds. The van der Waals surface area contributed by atoms with E-state index in [1.807, 2.05) is 31.2 Å². The van der Waals surface area contributed by atoms with E-state index in [-0.39, 0.29) is 10.7 Å². The molecular formula is C19H18N2O3S. The first-order chi connectivity index (χ1) is 12.1. The minimum atomic E-state index is -3.72. The summed E-state index contributed by atoms with van der Waals surface area (Å²) in [6.07, 6.45) is 1.52. The van der Waals surface area contributed by atoms with Gasteiger partial charge in [0.05, 0.1) is 4.90 Å². The van der Waals surface area contributed by atoms with Crippen LogP contribution in [0.3, 0.4) is 0 Å². The maximum atomic E-state index is 12.5. The Hall–Kier alpha value is -2.86. The van der Waals surface area contributed by atoms with E-state index in [0.29, 0.717) is 12.4 Å². The molecule has 1 N–H and O–H groups in total. The Morgan fingerprint density at radius 2 is 1.68 bits per heavy atom. The molecule has 0 unspecified atom stereocenters. The molecule has 0 saturated carbocycles. The monoisotopic (exact) mass is 354 g/mol. The predicted octanol–water partition coefficient (Wildman–Crippen LogP) is 3.77. The standard InChI is InChI=1S/C19H18N2O3S/c1-15-8-5-6-9-16(15)14-24-18-12-7-13-20-19(18)21-25(22,23)17-10-3-2-4-11-17/h2-13H,14H2,1H3,(H,20,21). The number of ether oxygens (including phenoxy) is 1. The summed E-state index contributed by atoms with van der Waals surface area (Å²) in [5.41, 5.74) is 2.14. The lowest BCUT2D eigenvalue weighted by molar-refractivity contribution is 0.306. The van der Waals surface area contributed by atoms with Gasteiger partial charge in [-0.2, -0.15) is 0 Å². The highest BCUT2D eigenvalue weighted by Gasteiger charge is 2.17. The molecule has 25 heavy (non-hydrogen) atoms. The van der Waals surface area contributed by atoms with Gasteiger partial charge in [0.1, 0.15) is 6.61 Å². The number of nitrogens with zero attached hydrogens (tertiary/aromatic N) is 1. The zero-order valence-electron chi connectivity index (χ0n) is 13.7. The Labute approximate surface area is 147 Å². The second kappa shape index (κ2) is 7.36. The summed E-state index contributed by atoms with van der Waals surface area (Å²) in [5, 5.41) is 0. The normalized spacial score (nSPS) is 11.1. The molecule has 0 radical (unpaired) electrons. The summed E-state index contributed by atoms with van der Waals surface area (Å²) in [7, 11) is -3.72. The van der Waals surface area contributed by atoms with E-state index >= 15 is 0 Å². The average Bonchev–Trinajstić information content (AvgIpc) is 2.63. The molecule has 2 aromatic carbocycles. The van der Waals surface area contributed by atoms with E-state index in [1.165, 1.54) is 18.3 Å². The molecule has 3 aromatic rings. The first-order valence-corrected chi connectivity index (χ1v) is 9.25. The second-order valence-electron chi connectivity index (χ2n) is 5.48. The largest absolute Gasteiger partial charge is 0.485 e. The van der Waals surface area contributed by atoms with E-state index in [1.54, 1.807) is 30.3 Å². The highest BCUT2D eigenvalue weighted by Crippen LogP contribution is 2.25. The van der Waals surface area contributed by atoms with E-state index < -0.39 is 10.0 Å². The fourth-order valence-electron chi connectivity index (χ4n) is 2.30. The van der Waals surface area contributed by atoms with E-state index in [2.05, 4.69) is 9.71 Å². The molecule has 128 valence electrons. The van der Waals surface area contributed by atoms with Gasteiger partial charge < -0.3 is 4.74 Å². The maximum absolute atomic E-state index is 12.5. The number of pyridine rings is 1. The van der Waals surface area contributed by atoms with Crippen molar-refractivity contribution in [2.45, 2.75) is 18.4 Å². The number of rotatable bonds is 6. The van der Waals surface area contributed by atoms with Crippen LogP contribution in [0.15, 0.2) is 77.8 Å². The Morgan fingerprint density at radius 1 is 0.960 bits per heavy atom. The smallest absolute Gasteiger partial charge is 0.263 e. The average molecular weight is 354 g/mol. The van der Waals surface area contributed by atoms with Gasteiger partial charge in [0.25, 0.3) is 10.0 Å². The van der Waals surface area contributed by atoms with Crippen LogP contribution in [0, 0.1) is 6.92 Å². The quantitative estimate of drug-likeness (QED) is 0.732. The number of anilines is 1. The van der Waals surface area contributed by atoms with Crippen LogP contribution in [-0.2, 0) is 16.6 Å². The highest BCUT2D eigenvalue weighted by molar-refractivity contribution is 7.92. The van der Waals surface area contributed by atoms with Crippen LogP contribution in [-0.4, -0.2) is 13.4 Å². The molecule has 0 atom stereocenters. The minimum Gasteiger partial charge on any atom is -0.485 e. The fraction of sp³-hybridized carbons (Fsp3) is 0.105. The Kier molecular flexibility index (Phi) is 5.00. The van der Waals surface area contributed by atoms with Crippen molar-refractivity contribution in [1.29, 1.82) is 0 Å². The molecular weight excluding hydrogens is 336 g/mol. The molecule has 0 aliphatic heterocycles. The Bertz CT molecular complexity index is 957.